The average Bonchev–Trinajstić information content (AvgIpc) is 3.07. The van der Waals surface area contributed by atoms with Crippen LogP contribution in [0.1, 0.15) is 36.1 Å². The van der Waals surface area contributed by atoms with E-state index in [1.54, 1.807) is 4.68 Å². The van der Waals surface area contributed by atoms with Gasteiger partial charge in [-0.15, -0.1) is 0 Å². The summed E-state index contributed by atoms with van der Waals surface area (Å²) in [7, 11) is 3.81. The first-order valence-electron chi connectivity index (χ1n) is 8.21. The highest BCUT2D eigenvalue weighted by Crippen LogP contribution is 2.22. The number of nitrogens with zero attached hydrogens (tertiary/aromatic N) is 5. The SMILES string of the molecule is CC(C)n1ncnc1CNC(=O)c1cc(N(C)C)nc2ccccc12. The molecule has 2 heterocycles. The molecular formula is C18H22N6O. The first-order chi connectivity index (χ1) is 12.0. The van der Waals surface area contributed by atoms with Crippen molar-refractivity contribution in [2.45, 2.75) is 26.4 Å². The number of anilines is 1. The standard InChI is InChI=1S/C18H22N6O/c1-12(2)24-17(20-11-21-24)10-19-18(25)14-9-16(23(3)4)22-15-8-6-5-7-13(14)15/h5-9,11-12H,10H2,1-4H3,(H,19,25). The van der Waals surface area contributed by atoms with Gasteiger partial charge in [0.25, 0.3) is 5.91 Å². The lowest BCUT2D eigenvalue weighted by Gasteiger charge is -2.15. The summed E-state index contributed by atoms with van der Waals surface area (Å²) in [5, 5.41) is 7.97. The van der Waals surface area contributed by atoms with Gasteiger partial charge in [-0.05, 0) is 26.0 Å². The topological polar surface area (TPSA) is 75.9 Å². The molecule has 0 spiro atoms. The minimum atomic E-state index is -0.153. The van der Waals surface area contributed by atoms with E-state index < -0.39 is 0 Å². The maximum Gasteiger partial charge on any atom is 0.252 e. The van der Waals surface area contributed by atoms with Crippen LogP contribution in [-0.4, -0.2) is 39.8 Å². The van der Waals surface area contributed by atoms with Gasteiger partial charge >= 0.3 is 0 Å². The van der Waals surface area contributed by atoms with Crippen LogP contribution in [0.5, 0.6) is 0 Å². The molecule has 0 saturated carbocycles. The fourth-order valence-electron chi connectivity index (χ4n) is 2.66. The van der Waals surface area contributed by atoms with E-state index in [-0.39, 0.29) is 11.9 Å². The van der Waals surface area contributed by atoms with Gasteiger partial charge in [0.2, 0.25) is 0 Å². The minimum absolute atomic E-state index is 0.153. The molecule has 1 aromatic carbocycles. The number of hydrogen-bond donors (Lipinski definition) is 1. The third-order valence-corrected chi connectivity index (χ3v) is 3.95. The second-order valence-electron chi connectivity index (χ2n) is 6.34. The molecule has 130 valence electrons. The van der Waals surface area contributed by atoms with Crippen LogP contribution >= 0.6 is 0 Å². The zero-order valence-corrected chi connectivity index (χ0v) is 14.9. The molecule has 0 atom stereocenters. The Morgan fingerprint density at radius 2 is 2.04 bits per heavy atom. The molecule has 7 nitrogen and oxygen atoms in total. The molecule has 0 fully saturated rings. The highest BCUT2D eigenvalue weighted by Gasteiger charge is 2.15. The Morgan fingerprint density at radius 3 is 2.76 bits per heavy atom. The number of aromatic nitrogens is 4. The molecule has 2 aromatic heterocycles. The zero-order chi connectivity index (χ0) is 18.0. The van der Waals surface area contributed by atoms with Gasteiger partial charge in [0.15, 0.2) is 0 Å². The third-order valence-electron chi connectivity index (χ3n) is 3.95. The summed E-state index contributed by atoms with van der Waals surface area (Å²) >= 11 is 0. The lowest BCUT2D eigenvalue weighted by Crippen LogP contribution is -2.26. The lowest BCUT2D eigenvalue weighted by atomic mass is 10.1. The van der Waals surface area contributed by atoms with Crippen LogP contribution in [0.2, 0.25) is 0 Å². The largest absolute Gasteiger partial charge is 0.363 e. The lowest BCUT2D eigenvalue weighted by molar-refractivity contribution is 0.0950. The number of carbonyl (C=O) groups excluding carboxylic acids is 1. The van der Waals surface area contributed by atoms with Crippen molar-refractivity contribution in [3.63, 3.8) is 0 Å². The molecular weight excluding hydrogens is 316 g/mol. The van der Waals surface area contributed by atoms with Gasteiger partial charge in [-0.25, -0.2) is 14.6 Å². The minimum Gasteiger partial charge on any atom is -0.363 e. The highest BCUT2D eigenvalue weighted by atomic mass is 16.1. The summed E-state index contributed by atoms with van der Waals surface area (Å²) in [5.41, 5.74) is 1.40. The van der Waals surface area contributed by atoms with Crippen LogP contribution in [0.25, 0.3) is 10.9 Å². The number of pyridine rings is 1. The molecule has 3 aromatic rings. The summed E-state index contributed by atoms with van der Waals surface area (Å²) in [6, 6.07) is 9.65. The number of para-hydroxylation sites is 1. The summed E-state index contributed by atoms with van der Waals surface area (Å²) in [5.74, 6) is 1.32. The fraction of sp³-hybridized carbons (Fsp3) is 0.333. The summed E-state index contributed by atoms with van der Waals surface area (Å²) < 4.78 is 1.80. The maximum atomic E-state index is 12.8. The van der Waals surface area contributed by atoms with E-state index in [9.17, 15) is 4.79 Å². The Bertz CT molecular complexity index is 899. The number of hydrogen-bond acceptors (Lipinski definition) is 5. The van der Waals surface area contributed by atoms with Gasteiger partial charge in [0.1, 0.15) is 18.0 Å². The normalized spacial score (nSPS) is 11.1. The Kier molecular flexibility index (Phi) is 4.65. The van der Waals surface area contributed by atoms with E-state index in [1.165, 1.54) is 6.33 Å². The van der Waals surface area contributed by atoms with Gasteiger partial charge in [-0.2, -0.15) is 5.10 Å². The predicted molar refractivity (Wildman–Crippen MR) is 97.6 cm³/mol. The maximum absolute atomic E-state index is 12.8. The van der Waals surface area contributed by atoms with E-state index in [1.807, 2.05) is 63.2 Å². The number of nitrogens with one attached hydrogen (secondary N) is 1. The molecule has 0 aliphatic carbocycles. The van der Waals surface area contributed by atoms with Gasteiger partial charge in [0, 0.05) is 25.5 Å². The monoisotopic (exact) mass is 338 g/mol. The molecule has 1 amide bonds. The van der Waals surface area contributed by atoms with E-state index >= 15 is 0 Å². The van der Waals surface area contributed by atoms with Crippen LogP contribution in [0.3, 0.4) is 0 Å². The molecule has 25 heavy (non-hydrogen) atoms. The van der Waals surface area contributed by atoms with Gasteiger partial charge in [-0.3, -0.25) is 4.79 Å². The summed E-state index contributed by atoms with van der Waals surface area (Å²) in [6.07, 6.45) is 1.51. The Morgan fingerprint density at radius 1 is 1.28 bits per heavy atom. The molecule has 0 bridgehead atoms. The van der Waals surface area contributed by atoms with Crippen molar-refractivity contribution in [2.24, 2.45) is 0 Å². The average molecular weight is 338 g/mol. The predicted octanol–water partition coefficient (Wildman–Crippen LogP) is 2.40. The van der Waals surface area contributed by atoms with Crippen LogP contribution in [-0.2, 0) is 6.54 Å². The molecule has 0 saturated heterocycles. The van der Waals surface area contributed by atoms with Crippen LogP contribution in [0.4, 0.5) is 5.82 Å². The second-order valence-corrected chi connectivity index (χ2v) is 6.34. The summed E-state index contributed by atoms with van der Waals surface area (Å²) in [4.78, 5) is 23.5. The molecule has 0 radical (unpaired) electrons. The number of carbonyl (C=O) groups is 1. The van der Waals surface area contributed by atoms with Crippen LogP contribution in [0, 0.1) is 0 Å². The molecule has 0 aliphatic heterocycles. The Labute approximate surface area is 146 Å². The Balaban J connectivity index is 1.90. The van der Waals surface area contributed by atoms with Crippen molar-refractivity contribution in [3.8, 4) is 0 Å². The third kappa shape index (κ3) is 3.45. The van der Waals surface area contributed by atoms with Crippen LogP contribution < -0.4 is 10.2 Å². The van der Waals surface area contributed by atoms with E-state index in [2.05, 4.69) is 20.4 Å². The van der Waals surface area contributed by atoms with Crippen LogP contribution in [0.15, 0.2) is 36.7 Å². The molecule has 1 N–H and O–H groups in total. The highest BCUT2D eigenvalue weighted by molar-refractivity contribution is 6.06. The van der Waals surface area contributed by atoms with E-state index in [0.29, 0.717) is 12.1 Å². The van der Waals surface area contributed by atoms with Crippen molar-refractivity contribution >= 4 is 22.6 Å². The quantitative estimate of drug-likeness (QED) is 0.773. The number of rotatable bonds is 5. The van der Waals surface area contributed by atoms with Gasteiger partial charge in [-0.1, -0.05) is 18.2 Å². The smallest absolute Gasteiger partial charge is 0.252 e. The van der Waals surface area contributed by atoms with E-state index in [0.717, 1.165) is 22.5 Å². The first kappa shape index (κ1) is 16.9. The van der Waals surface area contributed by atoms with Crippen molar-refractivity contribution in [1.29, 1.82) is 0 Å². The number of amides is 1. The molecule has 3 rings (SSSR count). The number of fused-ring (bicyclic) bond motifs is 1. The molecule has 7 heteroatoms. The molecule has 0 aliphatic rings. The van der Waals surface area contributed by atoms with Crippen molar-refractivity contribution < 1.29 is 4.79 Å². The Hall–Kier alpha value is -2.96. The van der Waals surface area contributed by atoms with Crippen molar-refractivity contribution in [1.82, 2.24) is 25.1 Å². The van der Waals surface area contributed by atoms with E-state index in [4.69, 9.17) is 0 Å². The van der Waals surface area contributed by atoms with Gasteiger partial charge in [0.05, 0.1) is 17.6 Å². The van der Waals surface area contributed by atoms with Crippen molar-refractivity contribution in [2.75, 3.05) is 19.0 Å². The molecule has 0 unspecified atom stereocenters. The van der Waals surface area contributed by atoms with Gasteiger partial charge < -0.3 is 10.2 Å². The zero-order valence-electron chi connectivity index (χ0n) is 14.9. The summed E-state index contributed by atoms with van der Waals surface area (Å²) in [6.45, 7) is 4.38. The fourth-order valence-corrected chi connectivity index (χ4v) is 2.66. The first-order valence-corrected chi connectivity index (χ1v) is 8.21. The number of benzene rings is 1. The second kappa shape index (κ2) is 6.88. The van der Waals surface area contributed by atoms with Crippen molar-refractivity contribution in [3.05, 3.63) is 48.0 Å².